The van der Waals surface area contributed by atoms with E-state index in [4.69, 9.17) is 0 Å². The van der Waals surface area contributed by atoms with Crippen molar-refractivity contribution in [2.75, 3.05) is 6.54 Å². The molecule has 0 aromatic heterocycles. The molecule has 0 aromatic carbocycles. The number of piperazine rings is 1. The lowest BCUT2D eigenvalue weighted by Crippen LogP contribution is -2.60. The van der Waals surface area contributed by atoms with Crippen LogP contribution in [0.5, 0.6) is 0 Å². The van der Waals surface area contributed by atoms with E-state index in [9.17, 15) is 0 Å². The molecule has 1 aliphatic rings. The van der Waals surface area contributed by atoms with Crippen LogP contribution in [0.2, 0.25) is 0 Å². The van der Waals surface area contributed by atoms with Crippen molar-refractivity contribution in [3.63, 3.8) is 0 Å². The molecule has 0 aromatic rings. The molecule has 3 atom stereocenters. The second-order valence-corrected chi connectivity index (χ2v) is 5.91. The van der Waals surface area contributed by atoms with E-state index < -0.39 is 0 Å². The quantitative estimate of drug-likeness (QED) is 0.653. The van der Waals surface area contributed by atoms with E-state index in [0.29, 0.717) is 12.1 Å². The zero-order valence-corrected chi connectivity index (χ0v) is 12.8. The lowest BCUT2D eigenvalue weighted by Gasteiger charge is -2.39. The number of hydrogen-bond donors (Lipinski definition) is 2. The molecule has 18 heavy (non-hydrogen) atoms. The molecule has 2 N–H and O–H groups in total. The summed E-state index contributed by atoms with van der Waals surface area (Å²) in [5.41, 5.74) is 0. The summed E-state index contributed by atoms with van der Waals surface area (Å²) in [6.45, 7) is 8.05. The van der Waals surface area contributed by atoms with Crippen molar-refractivity contribution in [2.45, 2.75) is 96.7 Å². The van der Waals surface area contributed by atoms with Crippen LogP contribution in [0.4, 0.5) is 0 Å². The molecule has 3 unspecified atom stereocenters. The molecule has 1 saturated heterocycles. The molecule has 1 aliphatic heterocycles. The molecule has 2 heteroatoms. The summed E-state index contributed by atoms with van der Waals surface area (Å²) in [5, 5.41) is 7.73. The highest BCUT2D eigenvalue weighted by Crippen LogP contribution is 2.17. The Labute approximate surface area is 114 Å². The minimum Gasteiger partial charge on any atom is -0.311 e. The Morgan fingerprint density at radius 1 is 0.778 bits per heavy atom. The molecule has 0 amide bonds. The molecular weight excluding hydrogens is 220 g/mol. The molecule has 0 saturated carbocycles. The lowest BCUT2D eigenvalue weighted by atomic mass is 9.92. The van der Waals surface area contributed by atoms with Gasteiger partial charge < -0.3 is 10.6 Å². The minimum absolute atomic E-state index is 0.713. The first-order valence-electron chi connectivity index (χ1n) is 8.31. The Hall–Kier alpha value is -0.0800. The molecule has 0 radical (unpaired) electrons. The van der Waals surface area contributed by atoms with Gasteiger partial charge in [-0.05, 0) is 19.3 Å². The minimum atomic E-state index is 0.713. The van der Waals surface area contributed by atoms with Gasteiger partial charge in [-0.2, -0.15) is 0 Å². The van der Waals surface area contributed by atoms with Gasteiger partial charge >= 0.3 is 0 Å². The third kappa shape index (κ3) is 5.71. The Balaban J connectivity index is 2.38. The first-order valence-corrected chi connectivity index (χ1v) is 8.31. The summed E-state index contributed by atoms with van der Waals surface area (Å²) < 4.78 is 0. The van der Waals surface area contributed by atoms with Gasteiger partial charge in [0.25, 0.3) is 0 Å². The Morgan fingerprint density at radius 3 is 1.94 bits per heavy atom. The molecule has 1 heterocycles. The van der Waals surface area contributed by atoms with Crippen LogP contribution < -0.4 is 10.6 Å². The predicted octanol–water partition coefficient (Wildman–Crippen LogP) is 3.86. The zero-order chi connectivity index (χ0) is 13.2. The average molecular weight is 254 g/mol. The molecule has 0 aliphatic carbocycles. The monoisotopic (exact) mass is 254 g/mol. The van der Waals surface area contributed by atoms with Crippen molar-refractivity contribution in [2.24, 2.45) is 0 Å². The SMILES string of the molecule is CCCCC1CNC(CCCC)C(CCCC)N1. The van der Waals surface area contributed by atoms with Crippen molar-refractivity contribution in [1.82, 2.24) is 10.6 Å². The first-order chi connectivity index (χ1) is 8.81. The summed E-state index contributed by atoms with van der Waals surface area (Å²) in [6, 6.07) is 2.14. The van der Waals surface area contributed by atoms with E-state index in [0.717, 1.165) is 6.04 Å². The number of rotatable bonds is 9. The summed E-state index contributed by atoms with van der Waals surface area (Å²) in [6.07, 6.45) is 12.1. The molecular formula is C16H34N2. The van der Waals surface area contributed by atoms with Crippen molar-refractivity contribution in [3.05, 3.63) is 0 Å². The van der Waals surface area contributed by atoms with Gasteiger partial charge in [0.05, 0.1) is 0 Å². The smallest absolute Gasteiger partial charge is 0.0224 e. The average Bonchev–Trinajstić information content (AvgIpc) is 2.41. The van der Waals surface area contributed by atoms with Crippen molar-refractivity contribution in [1.29, 1.82) is 0 Å². The first kappa shape index (κ1) is 16.0. The summed E-state index contributed by atoms with van der Waals surface area (Å²) in [7, 11) is 0. The second-order valence-electron chi connectivity index (χ2n) is 5.91. The summed E-state index contributed by atoms with van der Waals surface area (Å²) in [4.78, 5) is 0. The van der Waals surface area contributed by atoms with Gasteiger partial charge in [0.15, 0.2) is 0 Å². The Bertz CT molecular complexity index is 194. The van der Waals surface area contributed by atoms with E-state index in [1.165, 1.54) is 64.3 Å². The number of nitrogens with one attached hydrogen (secondary N) is 2. The third-order valence-electron chi connectivity index (χ3n) is 4.21. The van der Waals surface area contributed by atoms with Gasteiger partial charge in [0, 0.05) is 24.7 Å². The van der Waals surface area contributed by atoms with Crippen LogP contribution in [0.1, 0.15) is 78.6 Å². The zero-order valence-electron chi connectivity index (χ0n) is 12.8. The highest BCUT2D eigenvalue weighted by molar-refractivity contribution is 4.91. The molecule has 108 valence electrons. The van der Waals surface area contributed by atoms with Gasteiger partial charge in [-0.3, -0.25) is 0 Å². The number of unbranched alkanes of at least 4 members (excludes halogenated alkanes) is 3. The molecule has 1 rings (SSSR count). The fraction of sp³-hybridized carbons (Fsp3) is 1.00. The highest BCUT2D eigenvalue weighted by atomic mass is 15.1. The van der Waals surface area contributed by atoms with Gasteiger partial charge in [-0.15, -0.1) is 0 Å². The lowest BCUT2D eigenvalue weighted by molar-refractivity contribution is 0.231. The third-order valence-corrected chi connectivity index (χ3v) is 4.21. The maximum absolute atomic E-state index is 3.92. The van der Waals surface area contributed by atoms with Crippen LogP contribution in [0.15, 0.2) is 0 Å². The summed E-state index contributed by atoms with van der Waals surface area (Å²) >= 11 is 0. The van der Waals surface area contributed by atoms with E-state index in [1.807, 2.05) is 0 Å². The molecule has 0 bridgehead atoms. The molecule has 2 nitrogen and oxygen atoms in total. The van der Waals surface area contributed by atoms with Crippen LogP contribution in [-0.2, 0) is 0 Å². The fourth-order valence-corrected chi connectivity index (χ4v) is 2.99. The van der Waals surface area contributed by atoms with Gasteiger partial charge in [-0.25, -0.2) is 0 Å². The van der Waals surface area contributed by atoms with Crippen molar-refractivity contribution >= 4 is 0 Å². The number of hydrogen-bond acceptors (Lipinski definition) is 2. The molecule has 0 spiro atoms. The van der Waals surface area contributed by atoms with Crippen LogP contribution in [0.3, 0.4) is 0 Å². The van der Waals surface area contributed by atoms with Gasteiger partial charge in [0.2, 0.25) is 0 Å². The van der Waals surface area contributed by atoms with E-state index in [-0.39, 0.29) is 0 Å². The van der Waals surface area contributed by atoms with Crippen LogP contribution in [0.25, 0.3) is 0 Å². The Kier molecular flexibility index (Phi) is 8.70. The van der Waals surface area contributed by atoms with Crippen LogP contribution in [-0.4, -0.2) is 24.7 Å². The normalized spacial score (nSPS) is 28.5. The second kappa shape index (κ2) is 9.80. The van der Waals surface area contributed by atoms with E-state index in [2.05, 4.69) is 31.4 Å². The Morgan fingerprint density at radius 2 is 1.33 bits per heavy atom. The maximum Gasteiger partial charge on any atom is 0.0224 e. The van der Waals surface area contributed by atoms with Crippen molar-refractivity contribution < 1.29 is 0 Å². The highest BCUT2D eigenvalue weighted by Gasteiger charge is 2.27. The van der Waals surface area contributed by atoms with E-state index in [1.54, 1.807) is 0 Å². The van der Waals surface area contributed by atoms with E-state index >= 15 is 0 Å². The standard InChI is InChI=1S/C16H34N2/c1-4-7-10-14-13-17-15(11-8-5-2)16(18-14)12-9-6-3/h14-18H,4-13H2,1-3H3. The predicted molar refractivity (Wildman–Crippen MR) is 81.1 cm³/mol. The van der Waals surface area contributed by atoms with Gasteiger partial charge in [-0.1, -0.05) is 59.3 Å². The largest absolute Gasteiger partial charge is 0.311 e. The van der Waals surface area contributed by atoms with Crippen LogP contribution in [0, 0.1) is 0 Å². The van der Waals surface area contributed by atoms with Crippen molar-refractivity contribution in [3.8, 4) is 0 Å². The summed E-state index contributed by atoms with van der Waals surface area (Å²) in [5.74, 6) is 0. The maximum atomic E-state index is 3.92. The van der Waals surface area contributed by atoms with Gasteiger partial charge in [0.1, 0.15) is 0 Å². The molecule has 1 fully saturated rings. The topological polar surface area (TPSA) is 24.1 Å². The fourth-order valence-electron chi connectivity index (χ4n) is 2.99. The van der Waals surface area contributed by atoms with Crippen LogP contribution >= 0.6 is 0 Å².